The van der Waals surface area contributed by atoms with Gasteiger partial charge in [-0.05, 0) is 44.2 Å². The molecule has 0 bridgehead atoms. The maximum Gasteiger partial charge on any atom is 0.279 e. The molecular weight excluding hydrogens is 470 g/mol. The largest absolute Gasteiger partial charge is 0.490 e. The minimum atomic E-state index is -0.580. The summed E-state index contributed by atoms with van der Waals surface area (Å²) in [6.45, 7) is 1.98. The first-order chi connectivity index (χ1) is 17.0. The molecule has 0 aliphatic carbocycles. The number of amides is 2. The number of hydrogen-bond acceptors (Lipinski definition) is 6. The van der Waals surface area contributed by atoms with E-state index >= 15 is 0 Å². The smallest absolute Gasteiger partial charge is 0.279 e. The van der Waals surface area contributed by atoms with Crippen LogP contribution in [0.1, 0.15) is 33.8 Å². The molecule has 180 valence electrons. The Balaban J connectivity index is 1.25. The Kier molecular flexibility index (Phi) is 6.39. The molecule has 11 heteroatoms. The lowest BCUT2D eigenvalue weighted by atomic mass is 10.1. The second-order valence-corrected chi connectivity index (χ2v) is 8.81. The standard InChI is InChI=1S/C24H24ClN7O3/c1-32-10-8-14(9-11-32)35-15-6-7-17(16(25)12-15)28-22(33)20-21(27-13-26-20)23(34)31-24-29-18-4-2-3-5-19(18)30-24/h2-7,12-14H,8-11H2,1H3,(H,26,27)(H,28,33)(H2,29,30,31,34). The van der Waals surface area contributed by atoms with Crippen LogP contribution in [0.2, 0.25) is 5.02 Å². The molecule has 4 aromatic rings. The van der Waals surface area contributed by atoms with Crippen molar-refractivity contribution in [2.75, 3.05) is 30.8 Å². The fraction of sp³-hybridized carbons (Fsp3) is 0.250. The molecule has 1 saturated heterocycles. The fourth-order valence-electron chi connectivity index (χ4n) is 3.97. The number of carbonyl (C=O) groups excluding carboxylic acids is 2. The van der Waals surface area contributed by atoms with Crippen LogP contribution in [0, 0.1) is 0 Å². The average Bonchev–Trinajstić information content (AvgIpc) is 3.49. The van der Waals surface area contributed by atoms with Crippen LogP contribution in [0.25, 0.3) is 11.0 Å². The third-order valence-electron chi connectivity index (χ3n) is 5.86. The molecule has 1 aliphatic rings. The summed E-state index contributed by atoms with van der Waals surface area (Å²) >= 11 is 6.40. The van der Waals surface area contributed by atoms with Gasteiger partial charge in [0.25, 0.3) is 11.8 Å². The fourth-order valence-corrected chi connectivity index (χ4v) is 4.19. The molecule has 0 saturated carbocycles. The summed E-state index contributed by atoms with van der Waals surface area (Å²) in [5.41, 5.74) is 1.81. The first-order valence-electron chi connectivity index (χ1n) is 11.2. The summed E-state index contributed by atoms with van der Waals surface area (Å²) in [7, 11) is 2.10. The molecule has 1 fully saturated rings. The van der Waals surface area contributed by atoms with Gasteiger partial charge in [-0.2, -0.15) is 0 Å². The number of ether oxygens (including phenoxy) is 1. The van der Waals surface area contributed by atoms with E-state index in [1.54, 1.807) is 18.2 Å². The van der Waals surface area contributed by atoms with E-state index in [0.717, 1.165) is 31.4 Å². The van der Waals surface area contributed by atoms with Gasteiger partial charge in [0.2, 0.25) is 5.95 Å². The number of halogens is 1. The highest BCUT2D eigenvalue weighted by molar-refractivity contribution is 6.34. The van der Waals surface area contributed by atoms with Crippen molar-refractivity contribution in [3.05, 3.63) is 65.2 Å². The van der Waals surface area contributed by atoms with Crippen molar-refractivity contribution < 1.29 is 14.3 Å². The maximum atomic E-state index is 12.9. The first kappa shape index (κ1) is 22.9. The number of aromatic nitrogens is 4. The van der Waals surface area contributed by atoms with Crippen molar-refractivity contribution in [1.82, 2.24) is 24.8 Å². The lowest BCUT2D eigenvalue weighted by Crippen LogP contribution is -2.35. The molecule has 1 aliphatic heterocycles. The summed E-state index contributed by atoms with van der Waals surface area (Å²) in [5, 5.41) is 5.69. The van der Waals surface area contributed by atoms with E-state index in [-0.39, 0.29) is 23.4 Å². The zero-order chi connectivity index (χ0) is 24.4. The zero-order valence-electron chi connectivity index (χ0n) is 19.0. The molecule has 0 atom stereocenters. The number of imidazole rings is 2. The number of piperidine rings is 1. The van der Waals surface area contributed by atoms with Gasteiger partial charge in [0.1, 0.15) is 17.5 Å². The van der Waals surface area contributed by atoms with Gasteiger partial charge in [0.05, 0.1) is 28.1 Å². The van der Waals surface area contributed by atoms with E-state index in [1.165, 1.54) is 6.33 Å². The van der Waals surface area contributed by atoms with E-state index in [9.17, 15) is 9.59 Å². The molecule has 2 aromatic heterocycles. The van der Waals surface area contributed by atoms with Gasteiger partial charge in [-0.25, -0.2) is 9.97 Å². The van der Waals surface area contributed by atoms with E-state index in [1.807, 2.05) is 24.3 Å². The highest BCUT2D eigenvalue weighted by atomic mass is 35.5. The van der Waals surface area contributed by atoms with Gasteiger partial charge in [0, 0.05) is 19.2 Å². The van der Waals surface area contributed by atoms with Gasteiger partial charge in [0.15, 0.2) is 5.69 Å². The number of hydrogen-bond donors (Lipinski definition) is 4. The maximum absolute atomic E-state index is 12.9. The van der Waals surface area contributed by atoms with Crippen molar-refractivity contribution >= 4 is 46.1 Å². The number of aromatic amines is 2. The van der Waals surface area contributed by atoms with Crippen LogP contribution in [0.5, 0.6) is 5.75 Å². The Bertz CT molecular complexity index is 1340. The molecule has 4 N–H and O–H groups in total. The van der Waals surface area contributed by atoms with E-state index < -0.39 is 11.8 Å². The van der Waals surface area contributed by atoms with Crippen molar-refractivity contribution in [2.45, 2.75) is 18.9 Å². The van der Waals surface area contributed by atoms with Crippen molar-refractivity contribution in [3.63, 3.8) is 0 Å². The first-order valence-corrected chi connectivity index (χ1v) is 11.6. The van der Waals surface area contributed by atoms with Gasteiger partial charge < -0.3 is 24.9 Å². The molecule has 3 heterocycles. The topological polar surface area (TPSA) is 128 Å². The summed E-state index contributed by atoms with van der Waals surface area (Å²) in [6, 6.07) is 12.5. The van der Waals surface area contributed by atoms with Crippen LogP contribution >= 0.6 is 11.6 Å². The molecule has 5 rings (SSSR count). The molecule has 10 nitrogen and oxygen atoms in total. The number of nitrogens with zero attached hydrogens (tertiary/aromatic N) is 3. The lowest BCUT2D eigenvalue weighted by Gasteiger charge is -2.29. The van der Waals surface area contributed by atoms with Crippen LogP contribution in [0.3, 0.4) is 0 Å². The van der Waals surface area contributed by atoms with Gasteiger partial charge in [-0.3, -0.25) is 14.9 Å². The van der Waals surface area contributed by atoms with Crippen LogP contribution < -0.4 is 15.4 Å². The van der Waals surface area contributed by atoms with E-state index in [2.05, 4.69) is 42.5 Å². The number of para-hydroxylation sites is 2. The monoisotopic (exact) mass is 493 g/mol. The molecule has 2 amide bonds. The number of benzene rings is 2. The van der Waals surface area contributed by atoms with Gasteiger partial charge >= 0.3 is 0 Å². The SMILES string of the molecule is CN1CCC(Oc2ccc(NC(=O)c3[nH]cnc3C(=O)Nc3nc4ccccc4[nH]3)c(Cl)c2)CC1. The Morgan fingerprint density at radius 2 is 1.91 bits per heavy atom. The highest BCUT2D eigenvalue weighted by Crippen LogP contribution is 2.29. The number of nitrogens with one attached hydrogen (secondary N) is 4. The Labute approximate surface area is 206 Å². The summed E-state index contributed by atoms with van der Waals surface area (Å²) in [5.74, 6) is -0.227. The minimum Gasteiger partial charge on any atom is -0.490 e. The van der Waals surface area contributed by atoms with Crippen molar-refractivity contribution in [3.8, 4) is 5.75 Å². The summed E-state index contributed by atoms with van der Waals surface area (Å²) in [4.78, 5) is 42.0. The van der Waals surface area contributed by atoms with Crippen molar-refractivity contribution in [1.29, 1.82) is 0 Å². The molecule has 0 unspecified atom stereocenters. The van der Waals surface area contributed by atoms with Gasteiger partial charge in [-0.1, -0.05) is 23.7 Å². The number of rotatable bonds is 6. The summed E-state index contributed by atoms with van der Waals surface area (Å²) in [6.07, 6.45) is 3.32. The molecule has 0 radical (unpaired) electrons. The minimum absolute atomic E-state index is 0.00123. The number of likely N-dealkylation sites (tertiary alicyclic amines) is 1. The average molecular weight is 494 g/mol. The predicted octanol–water partition coefficient (Wildman–Crippen LogP) is 3.92. The van der Waals surface area contributed by atoms with E-state index in [4.69, 9.17) is 16.3 Å². The number of fused-ring (bicyclic) bond motifs is 1. The molecule has 2 aromatic carbocycles. The Morgan fingerprint density at radius 3 is 2.69 bits per heavy atom. The lowest BCUT2D eigenvalue weighted by molar-refractivity contribution is 0.0985. The number of carbonyl (C=O) groups is 2. The van der Waals surface area contributed by atoms with Crippen LogP contribution in [0.4, 0.5) is 11.6 Å². The zero-order valence-corrected chi connectivity index (χ0v) is 19.7. The Morgan fingerprint density at radius 1 is 1.11 bits per heavy atom. The third kappa shape index (κ3) is 5.13. The highest BCUT2D eigenvalue weighted by Gasteiger charge is 2.23. The second kappa shape index (κ2) is 9.77. The Hall–Kier alpha value is -3.89. The van der Waals surface area contributed by atoms with Crippen molar-refractivity contribution in [2.24, 2.45) is 0 Å². The molecule has 35 heavy (non-hydrogen) atoms. The summed E-state index contributed by atoms with van der Waals surface area (Å²) < 4.78 is 6.04. The number of H-pyrrole nitrogens is 2. The third-order valence-corrected chi connectivity index (χ3v) is 6.17. The van der Waals surface area contributed by atoms with Crippen LogP contribution in [-0.4, -0.2) is 62.9 Å². The molecule has 0 spiro atoms. The quantitative estimate of drug-likeness (QED) is 0.322. The number of anilines is 2. The van der Waals surface area contributed by atoms with Crippen LogP contribution in [0.15, 0.2) is 48.8 Å². The second-order valence-electron chi connectivity index (χ2n) is 8.40. The normalized spacial score (nSPS) is 14.7. The predicted molar refractivity (Wildman–Crippen MR) is 133 cm³/mol. The van der Waals surface area contributed by atoms with Crippen LogP contribution in [-0.2, 0) is 0 Å². The molecular formula is C24H24ClN7O3. The van der Waals surface area contributed by atoms with E-state index in [0.29, 0.717) is 22.0 Å². The van der Waals surface area contributed by atoms with Gasteiger partial charge in [-0.15, -0.1) is 0 Å².